The van der Waals surface area contributed by atoms with Gasteiger partial charge in [-0.1, -0.05) is 30.3 Å². The van der Waals surface area contributed by atoms with Crippen molar-refractivity contribution in [1.82, 2.24) is 10.2 Å². The van der Waals surface area contributed by atoms with Crippen molar-refractivity contribution in [2.75, 3.05) is 10.0 Å². The number of aromatic amines is 1. The Morgan fingerprint density at radius 2 is 1.70 bits per heavy atom. The number of amides is 1. The number of carboxylic acid groups (broad SMARTS) is 1. The number of aromatic nitrogens is 2. The molecule has 9 nitrogen and oxygen atoms in total. The highest BCUT2D eigenvalue weighted by Crippen LogP contribution is 2.30. The Hall–Kier alpha value is -4.44. The minimum Gasteiger partial charge on any atom is -0.478 e. The van der Waals surface area contributed by atoms with Crippen LogP contribution in [-0.4, -0.2) is 35.6 Å². The van der Waals surface area contributed by atoms with Crippen molar-refractivity contribution >= 4 is 44.2 Å². The Kier molecular flexibility index (Phi) is 5.92. The molecule has 3 aromatic carbocycles. The second kappa shape index (κ2) is 8.97. The van der Waals surface area contributed by atoms with Gasteiger partial charge in [0.1, 0.15) is 5.69 Å². The maximum atomic E-state index is 12.7. The van der Waals surface area contributed by atoms with E-state index in [2.05, 4.69) is 20.2 Å². The van der Waals surface area contributed by atoms with Crippen LogP contribution in [0.5, 0.6) is 0 Å². The van der Waals surface area contributed by atoms with Crippen LogP contribution in [0.25, 0.3) is 22.2 Å². The third kappa shape index (κ3) is 5.08. The van der Waals surface area contributed by atoms with E-state index in [0.29, 0.717) is 33.5 Å². The lowest BCUT2D eigenvalue weighted by atomic mass is 10.1. The number of anilines is 2. The number of hydrogen-bond acceptors (Lipinski definition) is 5. The first kappa shape index (κ1) is 21.8. The Bertz CT molecular complexity index is 1480. The van der Waals surface area contributed by atoms with Crippen LogP contribution < -0.4 is 10.0 Å². The van der Waals surface area contributed by atoms with Crippen LogP contribution in [0, 0.1) is 0 Å². The predicted octanol–water partition coefficient (Wildman–Crippen LogP) is 3.61. The fourth-order valence-corrected chi connectivity index (χ4v) is 4.26. The predicted molar refractivity (Wildman–Crippen MR) is 124 cm³/mol. The quantitative estimate of drug-likeness (QED) is 0.309. The van der Waals surface area contributed by atoms with Gasteiger partial charge in [0.2, 0.25) is 5.91 Å². The number of carboxylic acids is 1. The van der Waals surface area contributed by atoms with Gasteiger partial charge in [-0.05, 0) is 42.5 Å². The number of nitrogens with one attached hydrogen (secondary N) is 3. The molecular weight excluding hydrogens is 444 g/mol. The van der Waals surface area contributed by atoms with Crippen molar-refractivity contribution in [2.45, 2.75) is 4.90 Å². The fraction of sp³-hybridized carbons (Fsp3) is 0. The van der Waals surface area contributed by atoms with Gasteiger partial charge in [0, 0.05) is 34.5 Å². The van der Waals surface area contributed by atoms with Crippen molar-refractivity contribution in [3.8, 4) is 11.3 Å². The standard InChI is InChI=1S/C23H18N4O5S/c28-21(11-12-22(29)30)24-16-6-4-5-15(13-16)23-19-14-17(9-10-20(19)25-26-23)27-33(31,32)18-7-2-1-3-8-18/h1-14,27H,(H,24,28)(H,25,26)(H,29,30)/b12-11+. The van der Waals surface area contributed by atoms with Crippen LogP contribution in [0.2, 0.25) is 0 Å². The summed E-state index contributed by atoms with van der Waals surface area (Å²) in [6, 6.07) is 19.9. The average molecular weight is 462 g/mol. The van der Waals surface area contributed by atoms with E-state index in [9.17, 15) is 18.0 Å². The number of aliphatic carboxylic acids is 1. The third-order valence-electron chi connectivity index (χ3n) is 4.65. The van der Waals surface area contributed by atoms with Gasteiger partial charge >= 0.3 is 5.97 Å². The Morgan fingerprint density at radius 3 is 2.45 bits per heavy atom. The van der Waals surface area contributed by atoms with Gasteiger partial charge in [-0.3, -0.25) is 14.6 Å². The summed E-state index contributed by atoms with van der Waals surface area (Å²) in [5, 5.41) is 19.1. The molecule has 166 valence electrons. The molecule has 1 aromatic heterocycles. The molecule has 0 aliphatic rings. The van der Waals surface area contributed by atoms with Crippen LogP contribution >= 0.6 is 0 Å². The Labute approximate surface area is 188 Å². The van der Waals surface area contributed by atoms with Gasteiger partial charge in [-0.2, -0.15) is 5.10 Å². The minimum absolute atomic E-state index is 0.151. The van der Waals surface area contributed by atoms with E-state index in [1.165, 1.54) is 12.1 Å². The van der Waals surface area contributed by atoms with Crippen LogP contribution in [0.4, 0.5) is 11.4 Å². The van der Waals surface area contributed by atoms with Crippen LogP contribution in [0.15, 0.2) is 89.8 Å². The fourth-order valence-electron chi connectivity index (χ4n) is 3.19. The molecule has 1 heterocycles. The zero-order valence-corrected chi connectivity index (χ0v) is 17.8. The lowest BCUT2D eigenvalue weighted by Gasteiger charge is -2.08. The summed E-state index contributed by atoms with van der Waals surface area (Å²) in [7, 11) is -3.75. The zero-order valence-electron chi connectivity index (χ0n) is 17.0. The van der Waals surface area contributed by atoms with E-state index in [1.54, 1.807) is 60.7 Å². The first-order valence-electron chi connectivity index (χ1n) is 9.70. The number of carbonyl (C=O) groups is 2. The molecule has 0 saturated carbocycles. The summed E-state index contributed by atoms with van der Waals surface area (Å²) in [5.74, 6) is -1.81. The normalized spacial score (nSPS) is 11.5. The number of nitrogens with zero attached hydrogens (tertiary/aromatic N) is 1. The molecule has 4 aromatic rings. The van der Waals surface area contributed by atoms with E-state index in [4.69, 9.17) is 5.11 Å². The molecule has 0 unspecified atom stereocenters. The van der Waals surface area contributed by atoms with Gasteiger partial charge in [0.25, 0.3) is 10.0 Å². The van der Waals surface area contributed by atoms with Crippen LogP contribution in [0.1, 0.15) is 0 Å². The highest BCUT2D eigenvalue weighted by molar-refractivity contribution is 7.92. The largest absolute Gasteiger partial charge is 0.478 e. The van der Waals surface area contributed by atoms with Crippen LogP contribution in [0.3, 0.4) is 0 Å². The molecule has 4 N–H and O–H groups in total. The molecular formula is C23H18N4O5S. The highest BCUT2D eigenvalue weighted by Gasteiger charge is 2.15. The van der Waals surface area contributed by atoms with Crippen molar-refractivity contribution in [3.63, 3.8) is 0 Å². The third-order valence-corrected chi connectivity index (χ3v) is 6.05. The van der Waals surface area contributed by atoms with Crippen molar-refractivity contribution in [2.24, 2.45) is 0 Å². The molecule has 0 fully saturated rings. The Balaban J connectivity index is 1.63. The van der Waals surface area contributed by atoms with E-state index in [1.807, 2.05) is 0 Å². The monoisotopic (exact) mass is 462 g/mol. The molecule has 0 radical (unpaired) electrons. The second-order valence-corrected chi connectivity index (χ2v) is 8.68. The van der Waals surface area contributed by atoms with E-state index < -0.39 is 21.9 Å². The van der Waals surface area contributed by atoms with E-state index in [-0.39, 0.29) is 4.90 Å². The lowest BCUT2D eigenvalue weighted by Crippen LogP contribution is -2.12. The molecule has 1 amide bonds. The molecule has 0 aliphatic carbocycles. The zero-order chi connectivity index (χ0) is 23.4. The highest BCUT2D eigenvalue weighted by atomic mass is 32.2. The number of carbonyl (C=O) groups excluding carboxylic acids is 1. The average Bonchev–Trinajstić information content (AvgIpc) is 3.21. The van der Waals surface area contributed by atoms with Gasteiger partial charge in [0.15, 0.2) is 0 Å². The van der Waals surface area contributed by atoms with Crippen molar-refractivity contribution in [3.05, 3.63) is 84.9 Å². The van der Waals surface area contributed by atoms with Gasteiger partial charge in [-0.25, -0.2) is 13.2 Å². The second-order valence-electron chi connectivity index (χ2n) is 6.99. The van der Waals surface area contributed by atoms with E-state index in [0.717, 1.165) is 12.2 Å². The first-order chi connectivity index (χ1) is 15.8. The smallest absolute Gasteiger partial charge is 0.328 e. The summed E-state index contributed by atoms with van der Waals surface area (Å²) in [4.78, 5) is 22.6. The van der Waals surface area contributed by atoms with E-state index >= 15 is 0 Å². The molecule has 4 rings (SSSR count). The maximum Gasteiger partial charge on any atom is 0.328 e. The van der Waals surface area contributed by atoms with Gasteiger partial charge in [-0.15, -0.1) is 0 Å². The topological polar surface area (TPSA) is 141 Å². The Morgan fingerprint density at radius 1 is 0.909 bits per heavy atom. The summed E-state index contributed by atoms with van der Waals surface area (Å²) < 4.78 is 27.9. The lowest BCUT2D eigenvalue weighted by molar-refractivity contribution is -0.131. The molecule has 0 bridgehead atoms. The molecule has 0 saturated heterocycles. The summed E-state index contributed by atoms with van der Waals surface area (Å²) in [5.41, 5.74) is 2.75. The number of sulfonamides is 1. The number of hydrogen-bond donors (Lipinski definition) is 4. The number of fused-ring (bicyclic) bond motifs is 1. The maximum absolute atomic E-state index is 12.7. The molecule has 10 heteroatoms. The van der Waals surface area contributed by atoms with Crippen molar-refractivity contribution in [1.29, 1.82) is 0 Å². The summed E-state index contributed by atoms with van der Waals surface area (Å²) in [6.07, 6.45) is 1.67. The number of H-pyrrole nitrogens is 1. The van der Waals surface area contributed by atoms with Crippen LogP contribution in [-0.2, 0) is 19.6 Å². The number of rotatable bonds is 7. The van der Waals surface area contributed by atoms with Crippen molar-refractivity contribution < 1.29 is 23.1 Å². The van der Waals surface area contributed by atoms with Gasteiger partial charge in [0.05, 0.1) is 10.4 Å². The first-order valence-corrected chi connectivity index (χ1v) is 11.2. The SMILES string of the molecule is O=C(O)/C=C/C(=O)Nc1cccc(-c2n[nH]c3ccc(NS(=O)(=O)c4ccccc4)cc23)c1. The molecule has 0 atom stereocenters. The molecule has 0 spiro atoms. The number of benzene rings is 3. The molecule has 33 heavy (non-hydrogen) atoms. The summed E-state index contributed by atoms with van der Waals surface area (Å²) >= 11 is 0. The molecule has 0 aliphatic heterocycles. The minimum atomic E-state index is -3.75. The summed E-state index contributed by atoms with van der Waals surface area (Å²) in [6.45, 7) is 0. The van der Waals surface area contributed by atoms with Gasteiger partial charge < -0.3 is 10.4 Å².